The van der Waals surface area contributed by atoms with Crippen LogP contribution >= 0.6 is 0 Å². The molecule has 1 aliphatic carbocycles. The molecule has 2 heterocycles. The topological polar surface area (TPSA) is 96.1 Å². The monoisotopic (exact) mass is 372 g/mol. The maximum Gasteiger partial charge on any atom is 0.261 e. The number of amides is 1. The fraction of sp³-hybridized carbons (Fsp3) is 0.368. The van der Waals surface area contributed by atoms with Crippen molar-refractivity contribution >= 4 is 26.6 Å². The number of hydrogen-bond acceptors (Lipinski definition) is 4. The summed E-state index contributed by atoms with van der Waals surface area (Å²) in [5, 5.41) is 4.44. The number of pyridine rings is 1. The van der Waals surface area contributed by atoms with Crippen molar-refractivity contribution in [3.05, 3.63) is 57.2 Å². The van der Waals surface area contributed by atoms with Gasteiger partial charge in [0.25, 0.3) is 11.5 Å². The maximum absolute atomic E-state index is 12.4. The molecular weight excluding hydrogens is 352 g/mol. The van der Waals surface area contributed by atoms with Gasteiger partial charge in [0.2, 0.25) is 0 Å². The van der Waals surface area contributed by atoms with Gasteiger partial charge in [0.1, 0.15) is 5.56 Å². The van der Waals surface area contributed by atoms with Crippen molar-refractivity contribution in [1.82, 2.24) is 10.3 Å². The van der Waals surface area contributed by atoms with Crippen LogP contribution in [0.3, 0.4) is 0 Å². The van der Waals surface area contributed by atoms with Gasteiger partial charge < -0.3 is 10.3 Å². The molecule has 1 aromatic carbocycles. The molecule has 2 N–H and O–H groups in total. The Morgan fingerprint density at radius 2 is 2.00 bits per heavy atom. The van der Waals surface area contributed by atoms with Crippen LogP contribution in [0, 0.1) is 5.41 Å². The van der Waals surface area contributed by atoms with E-state index in [-0.39, 0.29) is 11.3 Å². The van der Waals surface area contributed by atoms with Gasteiger partial charge in [-0.15, -0.1) is 0 Å². The molecule has 0 radical (unpaired) electrons. The van der Waals surface area contributed by atoms with E-state index in [1.807, 2.05) is 18.2 Å². The zero-order valence-corrected chi connectivity index (χ0v) is 15.4. The third kappa shape index (κ3) is 3.07. The number of aromatic nitrogens is 1. The largest absolute Gasteiger partial charge is 0.345 e. The number of fused-ring (bicyclic) bond motifs is 1. The van der Waals surface area contributed by atoms with Gasteiger partial charge in [-0.05, 0) is 46.9 Å². The molecule has 1 aliphatic heterocycles. The maximum atomic E-state index is 12.4. The molecule has 7 heteroatoms. The molecule has 26 heavy (non-hydrogen) atoms. The van der Waals surface area contributed by atoms with Crippen LogP contribution in [0.2, 0.25) is 0 Å². The zero-order valence-electron chi connectivity index (χ0n) is 14.6. The summed E-state index contributed by atoms with van der Waals surface area (Å²) in [6, 6.07) is 6.87. The molecule has 2 unspecified atom stereocenters. The molecule has 0 bridgehead atoms. The number of aromatic amines is 1. The predicted molar refractivity (Wildman–Crippen MR) is 99.9 cm³/mol. The van der Waals surface area contributed by atoms with Crippen molar-refractivity contribution in [2.75, 3.05) is 5.75 Å². The minimum absolute atomic E-state index is 0.0188. The molecule has 6 nitrogen and oxygen atoms in total. The van der Waals surface area contributed by atoms with Crippen LogP contribution in [-0.2, 0) is 9.84 Å². The number of H-pyrrole nitrogens is 1. The van der Waals surface area contributed by atoms with Crippen LogP contribution in [0.1, 0.15) is 42.1 Å². The highest BCUT2D eigenvalue weighted by Crippen LogP contribution is 2.58. The zero-order chi connectivity index (χ0) is 18.7. The number of carbonyl (C=O) groups is 1. The van der Waals surface area contributed by atoms with Crippen LogP contribution < -0.4 is 10.9 Å². The Kier molecular flexibility index (Phi) is 3.63. The quantitative estimate of drug-likeness (QED) is 0.862. The first-order valence-corrected chi connectivity index (χ1v) is 10.2. The number of rotatable bonds is 3. The number of nitrogens with one attached hydrogen (secondary N) is 2. The standard InChI is InChI=1S/C19H20N2O4S/c1-19(2)9-15(19)11-3-4-12-7-14(18(23)21-16(12)8-11)17(22)20-13-5-6-26(24,25)10-13/h3-8,13,15H,9-10H2,1-2H3,(H,20,22)(H,21,23). The summed E-state index contributed by atoms with van der Waals surface area (Å²) in [5.74, 6) is -0.258. The molecule has 1 amide bonds. The molecule has 136 valence electrons. The molecule has 4 rings (SSSR count). The average molecular weight is 372 g/mol. The third-order valence-electron chi connectivity index (χ3n) is 5.28. The molecule has 0 saturated heterocycles. The summed E-state index contributed by atoms with van der Waals surface area (Å²) in [4.78, 5) is 27.5. The van der Waals surface area contributed by atoms with E-state index in [0.29, 0.717) is 16.8 Å². The predicted octanol–water partition coefficient (Wildman–Crippen LogP) is 2.08. The van der Waals surface area contributed by atoms with Crippen LogP contribution in [0.15, 0.2) is 40.5 Å². The molecule has 1 saturated carbocycles. The van der Waals surface area contributed by atoms with Crippen molar-refractivity contribution in [3.8, 4) is 0 Å². The van der Waals surface area contributed by atoms with E-state index < -0.39 is 27.3 Å². The van der Waals surface area contributed by atoms with Gasteiger partial charge in [0.05, 0.1) is 11.8 Å². The number of sulfone groups is 1. The molecule has 1 aromatic heterocycles. The molecule has 1 fully saturated rings. The Bertz CT molecular complexity index is 1110. The SMILES string of the molecule is CC1(C)CC1c1ccc2cc(C(=O)NC3C=CS(=O)(=O)C3)c(=O)[nH]c2c1. The van der Waals surface area contributed by atoms with E-state index in [1.165, 1.54) is 11.6 Å². The van der Waals surface area contributed by atoms with E-state index in [0.717, 1.165) is 17.2 Å². The first kappa shape index (κ1) is 17.0. The van der Waals surface area contributed by atoms with E-state index >= 15 is 0 Å². The number of benzene rings is 1. The van der Waals surface area contributed by atoms with Gasteiger partial charge in [-0.25, -0.2) is 8.42 Å². The summed E-state index contributed by atoms with van der Waals surface area (Å²) in [7, 11) is -3.27. The minimum Gasteiger partial charge on any atom is -0.345 e. The lowest BCUT2D eigenvalue weighted by Gasteiger charge is -2.10. The van der Waals surface area contributed by atoms with Crippen LogP contribution in [0.4, 0.5) is 0 Å². The van der Waals surface area contributed by atoms with Gasteiger partial charge in [0.15, 0.2) is 9.84 Å². The van der Waals surface area contributed by atoms with Crippen molar-refractivity contribution in [2.24, 2.45) is 5.41 Å². The van der Waals surface area contributed by atoms with Crippen LogP contribution in [0.5, 0.6) is 0 Å². The normalized spacial score (nSPS) is 25.3. The van der Waals surface area contributed by atoms with Crippen LogP contribution in [0.25, 0.3) is 10.9 Å². The van der Waals surface area contributed by atoms with Gasteiger partial charge in [-0.1, -0.05) is 26.0 Å². The lowest BCUT2D eigenvalue weighted by molar-refractivity contribution is 0.0946. The van der Waals surface area contributed by atoms with Gasteiger partial charge in [-0.3, -0.25) is 9.59 Å². The highest BCUT2D eigenvalue weighted by Gasteiger charge is 2.46. The second-order valence-corrected chi connectivity index (χ2v) is 9.77. The summed E-state index contributed by atoms with van der Waals surface area (Å²) < 4.78 is 22.9. The lowest BCUT2D eigenvalue weighted by Crippen LogP contribution is -2.38. The molecule has 2 atom stereocenters. The van der Waals surface area contributed by atoms with Gasteiger partial charge >= 0.3 is 0 Å². The van der Waals surface area contributed by atoms with Crippen molar-refractivity contribution in [2.45, 2.75) is 32.2 Å². The summed E-state index contributed by atoms with van der Waals surface area (Å²) >= 11 is 0. The highest BCUT2D eigenvalue weighted by atomic mass is 32.2. The smallest absolute Gasteiger partial charge is 0.261 e. The Morgan fingerprint density at radius 1 is 1.27 bits per heavy atom. The van der Waals surface area contributed by atoms with Crippen LogP contribution in [-0.4, -0.2) is 31.1 Å². The molecular formula is C19H20N2O4S. The van der Waals surface area contributed by atoms with Crippen molar-refractivity contribution in [1.29, 1.82) is 0 Å². The lowest BCUT2D eigenvalue weighted by atomic mass is 10.0. The Labute approximate surface area is 151 Å². The molecule has 2 aliphatic rings. The average Bonchev–Trinajstić information content (AvgIpc) is 3.05. The third-order valence-corrected chi connectivity index (χ3v) is 6.67. The Hall–Kier alpha value is -2.41. The van der Waals surface area contributed by atoms with Crippen molar-refractivity contribution < 1.29 is 13.2 Å². The summed E-state index contributed by atoms with van der Waals surface area (Å²) in [5.41, 5.74) is 1.69. The van der Waals surface area contributed by atoms with Gasteiger partial charge in [0, 0.05) is 10.9 Å². The second kappa shape index (κ2) is 5.54. The van der Waals surface area contributed by atoms with Crippen molar-refractivity contribution in [3.63, 3.8) is 0 Å². The number of carbonyl (C=O) groups excluding carboxylic acids is 1. The fourth-order valence-corrected chi connectivity index (χ4v) is 4.79. The second-order valence-electron chi connectivity index (χ2n) is 7.84. The fourth-order valence-electron chi connectivity index (χ4n) is 3.55. The molecule has 2 aromatic rings. The first-order chi connectivity index (χ1) is 12.1. The van der Waals surface area contributed by atoms with Gasteiger partial charge in [-0.2, -0.15) is 0 Å². The molecule has 0 spiro atoms. The van der Waals surface area contributed by atoms with E-state index in [1.54, 1.807) is 6.07 Å². The highest BCUT2D eigenvalue weighted by molar-refractivity contribution is 7.94. The Balaban J connectivity index is 1.61. The summed E-state index contributed by atoms with van der Waals surface area (Å²) in [6.07, 6.45) is 2.55. The van der Waals surface area contributed by atoms with E-state index in [2.05, 4.69) is 24.1 Å². The Morgan fingerprint density at radius 3 is 2.62 bits per heavy atom. The van der Waals surface area contributed by atoms with E-state index in [4.69, 9.17) is 0 Å². The summed E-state index contributed by atoms with van der Waals surface area (Å²) in [6.45, 7) is 4.44. The minimum atomic E-state index is -3.27. The first-order valence-electron chi connectivity index (χ1n) is 8.53. The van der Waals surface area contributed by atoms with E-state index in [9.17, 15) is 18.0 Å². The number of hydrogen-bond donors (Lipinski definition) is 2.